The predicted octanol–water partition coefficient (Wildman–Crippen LogP) is 1.49. The highest BCUT2D eigenvalue weighted by atomic mass is 16.5. The van der Waals surface area contributed by atoms with E-state index in [1.54, 1.807) is 31.8 Å². The number of rotatable bonds is 4. The highest BCUT2D eigenvalue weighted by molar-refractivity contribution is 5.28. The molecule has 2 rings (SSSR count). The van der Waals surface area contributed by atoms with E-state index < -0.39 is 0 Å². The first-order valence-corrected chi connectivity index (χ1v) is 4.88. The van der Waals surface area contributed by atoms with Gasteiger partial charge in [-0.25, -0.2) is 4.98 Å². The van der Waals surface area contributed by atoms with Gasteiger partial charge in [-0.2, -0.15) is 4.98 Å². The first-order chi connectivity index (χ1) is 7.88. The molecule has 0 saturated carbocycles. The van der Waals surface area contributed by atoms with Gasteiger partial charge in [0.05, 0.1) is 7.11 Å². The van der Waals surface area contributed by atoms with Crippen LogP contribution in [0.5, 0.6) is 5.88 Å². The Morgan fingerprint density at radius 2 is 2.25 bits per heavy atom. The molecule has 0 saturated heterocycles. The molecule has 0 amide bonds. The SMILES string of the molecule is COc1ccnc(NCc2cccnc2)n1. The van der Waals surface area contributed by atoms with Gasteiger partial charge in [0, 0.05) is 31.2 Å². The molecule has 16 heavy (non-hydrogen) atoms. The Labute approximate surface area is 93.5 Å². The van der Waals surface area contributed by atoms with E-state index >= 15 is 0 Å². The summed E-state index contributed by atoms with van der Waals surface area (Å²) >= 11 is 0. The Morgan fingerprint density at radius 3 is 3.00 bits per heavy atom. The van der Waals surface area contributed by atoms with E-state index in [4.69, 9.17) is 4.74 Å². The summed E-state index contributed by atoms with van der Waals surface area (Å²) in [7, 11) is 1.58. The predicted molar refractivity (Wildman–Crippen MR) is 60.1 cm³/mol. The van der Waals surface area contributed by atoms with Crippen molar-refractivity contribution in [3.63, 3.8) is 0 Å². The second-order valence-electron chi connectivity index (χ2n) is 3.14. The Hall–Kier alpha value is -2.17. The van der Waals surface area contributed by atoms with Crippen molar-refractivity contribution < 1.29 is 4.74 Å². The molecule has 0 atom stereocenters. The Balaban J connectivity index is 1.99. The van der Waals surface area contributed by atoms with Gasteiger partial charge in [0.2, 0.25) is 11.8 Å². The minimum Gasteiger partial charge on any atom is -0.481 e. The van der Waals surface area contributed by atoms with E-state index in [-0.39, 0.29) is 0 Å². The first-order valence-electron chi connectivity index (χ1n) is 4.88. The van der Waals surface area contributed by atoms with Crippen molar-refractivity contribution in [3.8, 4) is 5.88 Å². The largest absolute Gasteiger partial charge is 0.481 e. The van der Waals surface area contributed by atoms with Crippen molar-refractivity contribution in [2.75, 3.05) is 12.4 Å². The quantitative estimate of drug-likeness (QED) is 0.839. The lowest BCUT2D eigenvalue weighted by Gasteiger charge is -2.05. The molecular weight excluding hydrogens is 204 g/mol. The van der Waals surface area contributed by atoms with Crippen LogP contribution in [0.25, 0.3) is 0 Å². The zero-order valence-electron chi connectivity index (χ0n) is 8.92. The molecule has 0 aliphatic carbocycles. The molecular formula is C11H12N4O. The number of hydrogen-bond acceptors (Lipinski definition) is 5. The normalized spacial score (nSPS) is 9.81. The smallest absolute Gasteiger partial charge is 0.226 e. The molecule has 0 bridgehead atoms. The van der Waals surface area contributed by atoms with Crippen molar-refractivity contribution in [1.82, 2.24) is 15.0 Å². The molecule has 0 unspecified atom stereocenters. The molecule has 0 fully saturated rings. The third-order valence-corrected chi connectivity index (χ3v) is 2.01. The highest BCUT2D eigenvalue weighted by Crippen LogP contribution is 2.08. The minimum absolute atomic E-state index is 0.545. The van der Waals surface area contributed by atoms with Crippen LogP contribution in [0.1, 0.15) is 5.56 Å². The summed E-state index contributed by atoms with van der Waals surface area (Å²) in [6.45, 7) is 0.640. The van der Waals surface area contributed by atoms with Crippen LogP contribution >= 0.6 is 0 Å². The third-order valence-electron chi connectivity index (χ3n) is 2.01. The topological polar surface area (TPSA) is 59.9 Å². The number of nitrogens with one attached hydrogen (secondary N) is 1. The summed E-state index contributed by atoms with van der Waals surface area (Å²) in [6.07, 6.45) is 5.19. The summed E-state index contributed by atoms with van der Waals surface area (Å²) < 4.78 is 5.00. The van der Waals surface area contributed by atoms with E-state index in [0.29, 0.717) is 18.4 Å². The van der Waals surface area contributed by atoms with E-state index in [1.807, 2.05) is 12.1 Å². The van der Waals surface area contributed by atoms with Crippen molar-refractivity contribution in [2.45, 2.75) is 6.54 Å². The number of pyridine rings is 1. The number of hydrogen-bond donors (Lipinski definition) is 1. The standard InChI is InChI=1S/C11H12N4O/c1-16-10-4-6-13-11(15-10)14-8-9-3-2-5-12-7-9/h2-7H,8H2,1H3,(H,13,14,15). The zero-order valence-corrected chi connectivity index (χ0v) is 8.92. The molecule has 0 aliphatic heterocycles. The third kappa shape index (κ3) is 2.66. The lowest BCUT2D eigenvalue weighted by molar-refractivity contribution is 0.397. The van der Waals surface area contributed by atoms with Gasteiger partial charge in [-0.05, 0) is 11.6 Å². The maximum absolute atomic E-state index is 5.00. The van der Waals surface area contributed by atoms with Crippen molar-refractivity contribution >= 4 is 5.95 Å². The van der Waals surface area contributed by atoms with Gasteiger partial charge < -0.3 is 10.1 Å². The first kappa shape index (κ1) is 10.4. The maximum Gasteiger partial charge on any atom is 0.226 e. The molecule has 0 radical (unpaired) electrons. The maximum atomic E-state index is 5.00. The molecule has 1 N–H and O–H groups in total. The Kier molecular flexibility index (Phi) is 3.28. The van der Waals surface area contributed by atoms with Crippen LogP contribution in [0.2, 0.25) is 0 Å². The molecule has 5 nitrogen and oxygen atoms in total. The fourth-order valence-corrected chi connectivity index (χ4v) is 1.22. The lowest BCUT2D eigenvalue weighted by Crippen LogP contribution is -2.04. The van der Waals surface area contributed by atoms with Crippen LogP contribution in [-0.2, 0) is 6.54 Å². The molecule has 5 heteroatoms. The number of nitrogens with zero attached hydrogens (tertiary/aromatic N) is 3. The monoisotopic (exact) mass is 216 g/mol. The van der Waals surface area contributed by atoms with Gasteiger partial charge in [0.25, 0.3) is 0 Å². The van der Waals surface area contributed by atoms with Gasteiger partial charge in [0.1, 0.15) is 0 Å². The summed E-state index contributed by atoms with van der Waals surface area (Å²) in [4.78, 5) is 12.2. The van der Waals surface area contributed by atoms with E-state index in [1.165, 1.54) is 0 Å². The van der Waals surface area contributed by atoms with E-state index in [9.17, 15) is 0 Å². The van der Waals surface area contributed by atoms with Crippen LogP contribution < -0.4 is 10.1 Å². The van der Waals surface area contributed by atoms with Crippen molar-refractivity contribution in [2.24, 2.45) is 0 Å². The second-order valence-corrected chi connectivity index (χ2v) is 3.14. The summed E-state index contributed by atoms with van der Waals surface area (Å²) in [6, 6.07) is 5.58. The average molecular weight is 216 g/mol. The number of ether oxygens (including phenoxy) is 1. The molecule has 0 spiro atoms. The van der Waals surface area contributed by atoms with Crippen LogP contribution in [0.15, 0.2) is 36.8 Å². The fraction of sp³-hybridized carbons (Fsp3) is 0.182. The summed E-state index contributed by atoms with van der Waals surface area (Å²) in [5.41, 5.74) is 1.08. The average Bonchev–Trinajstić information content (AvgIpc) is 2.38. The molecule has 82 valence electrons. The zero-order chi connectivity index (χ0) is 11.2. The van der Waals surface area contributed by atoms with Gasteiger partial charge >= 0.3 is 0 Å². The van der Waals surface area contributed by atoms with Gasteiger partial charge in [-0.3, -0.25) is 4.98 Å². The Bertz CT molecular complexity index is 447. The lowest BCUT2D eigenvalue weighted by atomic mass is 10.3. The van der Waals surface area contributed by atoms with Gasteiger partial charge in [-0.1, -0.05) is 6.07 Å². The van der Waals surface area contributed by atoms with Gasteiger partial charge in [0.15, 0.2) is 0 Å². The summed E-state index contributed by atoms with van der Waals surface area (Å²) in [5.74, 6) is 1.09. The second kappa shape index (κ2) is 5.06. The molecule has 0 aliphatic rings. The molecule has 2 heterocycles. The number of aromatic nitrogens is 3. The van der Waals surface area contributed by atoms with Crippen molar-refractivity contribution in [3.05, 3.63) is 42.4 Å². The van der Waals surface area contributed by atoms with Crippen LogP contribution in [-0.4, -0.2) is 22.1 Å². The van der Waals surface area contributed by atoms with E-state index in [2.05, 4.69) is 20.3 Å². The van der Waals surface area contributed by atoms with Crippen LogP contribution in [0, 0.1) is 0 Å². The number of methoxy groups -OCH3 is 1. The van der Waals surface area contributed by atoms with Crippen LogP contribution in [0.4, 0.5) is 5.95 Å². The van der Waals surface area contributed by atoms with E-state index in [0.717, 1.165) is 5.56 Å². The van der Waals surface area contributed by atoms with Crippen LogP contribution in [0.3, 0.4) is 0 Å². The van der Waals surface area contributed by atoms with Crippen molar-refractivity contribution in [1.29, 1.82) is 0 Å². The fourth-order valence-electron chi connectivity index (χ4n) is 1.22. The Morgan fingerprint density at radius 1 is 1.31 bits per heavy atom. The highest BCUT2D eigenvalue weighted by Gasteiger charge is 1.98. The summed E-state index contributed by atoms with van der Waals surface area (Å²) in [5, 5.41) is 3.09. The van der Waals surface area contributed by atoms with Gasteiger partial charge in [-0.15, -0.1) is 0 Å². The molecule has 0 aromatic carbocycles. The minimum atomic E-state index is 0.545. The molecule has 2 aromatic heterocycles. The number of anilines is 1. The molecule has 2 aromatic rings.